The third kappa shape index (κ3) is 5.82. The van der Waals surface area contributed by atoms with Gasteiger partial charge in [-0.05, 0) is 30.7 Å². The van der Waals surface area contributed by atoms with Gasteiger partial charge in [0.25, 0.3) is 5.91 Å². The van der Waals surface area contributed by atoms with E-state index in [0.29, 0.717) is 17.9 Å². The van der Waals surface area contributed by atoms with E-state index in [1.165, 1.54) is 11.6 Å². The van der Waals surface area contributed by atoms with Crippen LogP contribution in [0.4, 0.5) is 0 Å². The van der Waals surface area contributed by atoms with Crippen molar-refractivity contribution in [1.29, 1.82) is 0 Å². The average Bonchev–Trinajstić information content (AvgIpc) is 2.56. The number of amides is 1. The zero-order chi connectivity index (χ0) is 16.4. The standard InChI is InChI=1S/C15H21NO6/c1-2-21-13(6-7-14(18)16-20)15(19)11-4-3-5-12(10-11)22-9-8-17/h3-7,10,13,15,17,19-20H,2,8-9H2,1H3,(H,16,18)/b7-6+/t13-,15-/m0/s1. The van der Waals surface area contributed by atoms with Crippen LogP contribution in [0.15, 0.2) is 36.4 Å². The third-order valence-electron chi connectivity index (χ3n) is 2.78. The van der Waals surface area contributed by atoms with E-state index >= 15 is 0 Å². The monoisotopic (exact) mass is 311 g/mol. The number of benzene rings is 1. The molecule has 0 unspecified atom stereocenters. The van der Waals surface area contributed by atoms with Crippen molar-refractivity contribution in [2.45, 2.75) is 19.1 Å². The van der Waals surface area contributed by atoms with Crippen LogP contribution in [0.2, 0.25) is 0 Å². The molecule has 0 radical (unpaired) electrons. The predicted molar refractivity (Wildman–Crippen MR) is 78.5 cm³/mol. The summed E-state index contributed by atoms with van der Waals surface area (Å²) < 4.78 is 10.7. The third-order valence-corrected chi connectivity index (χ3v) is 2.78. The molecule has 1 amide bonds. The molecule has 122 valence electrons. The van der Waals surface area contributed by atoms with E-state index < -0.39 is 18.1 Å². The van der Waals surface area contributed by atoms with Crippen LogP contribution in [0.3, 0.4) is 0 Å². The molecule has 0 aliphatic rings. The summed E-state index contributed by atoms with van der Waals surface area (Å²) in [4.78, 5) is 11.0. The van der Waals surface area contributed by atoms with Crippen LogP contribution in [0, 0.1) is 0 Å². The van der Waals surface area contributed by atoms with Crippen LogP contribution in [0.1, 0.15) is 18.6 Å². The molecule has 0 heterocycles. The molecule has 0 bridgehead atoms. The van der Waals surface area contributed by atoms with Gasteiger partial charge in [-0.2, -0.15) is 0 Å². The van der Waals surface area contributed by atoms with Crippen LogP contribution in [-0.4, -0.2) is 47.3 Å². The van der Waals surface area contributed by atoms with Crippen molar-refractivity contribution in [3.8, 4) is 5.75 Å². The largest absolute Gasteiger partial charge is 0.491 e. The fourth-order valence-electron chi connectivity index (χ4n) is 1.81. The second-order valence-electron chi connectivity index (χ2n) is 4.34. The van der Waals surface area contributed by atoms with Gasteiger partial charge in [0, 0.05) is 12.7 Å². The molecule has 1 rings (SSSR count). The SMILES string of the molecule is CCO[C@@H](/C=C/C(=O)NO)[C@@H](O)c1cccc(OCCO)c1. The van der Waals surface area contributed by atoms with Gasteiger partial charge in [0.05, 0.1) is 6.61 Å². The highest BCUT2D eigenvalue weighted by molar-refractivity contribution is 5.86. The summed E-state index contributed by atoms with van der Waals surface area (Å²) in [6.07, 6.45) is 0.673. The molecule has 0 fully saturated rings. The van der Waals surface area contributed by atoms with Gasteiger partial charge in [0.2, 0.25) is 0 Å². The number of ether oxygens (including phenoxy) is 2. The van der Waals surface area contributed by atoms with Crippen LogP contribution >= 0.6 is 0 Å². The van der Waals surface area contributed by atoms with Gasteiger partial charge < -0.3 is 19.7 Å². The highest BCUT2D eigenvalue weighted by Gasteiger charge is 2.19. The Morgan fingerprint density at radius 3 is 2.86 bits per heavy atom. The van der Waals surface area contributed by atoms with Crippen molar-refractivity contribution in [2.75, 3.05) is 19.8 Å². The smallest absolute Gasteiger partial charge is 0.267 e. The number of rotatable bonds is 9. The maximum Gasteiger partial charge on any atom is 0.267 e. The fraction of sp³-hybridized carbons (Fsp3) is 0.400. The van der Waals surface area contributed by atoms with Crippen molar-refractivity contribution in [3.05, 3.63) is 42.0 Å². The average molecular weight is 311 g/mol. The summed E-state index contributed by atoms with van der Waals surface area (Å²) >= 11 is 0. The number of aliphatic hydroxyl groups is 2. The Labute approximate surface area is 128 Å². The van der Waals surface area contributed by atoms with E-state index in [1.54, 1.807) is 31.2 Å². The highest BCUT2D eigenvalue weighted by atomic mass is 16.5. The minimum atomic E-state index is -1.01. The first-order valence-corrected chi connectivity index (χ1v) is 6.88. The second kappa shape index (κ2) is 9.91. The number of carbonyl (C=O) groups excluding carboxylic acids is 1. The molecule has 0 saturated carbocycles. The van der Waals surface area contributed by atoms with E-state index in [4.69, 9.17) is 19.8 Å². The van der Waals surface area contributed by atoms with Gasteiger partial charge in [-0.25, -0.2) is 5.48 Å². The minimum Gasteiger partial charge on any atom is -0.491 e. The molecule has 1 aromatic rings. The number of aliphatic hydroxyl groups excluding tert-OH is 2. The summed E-state index contributed by atoms with van der Waals surface area (Å²) in [6, 6.07) is 6.74. The number of hydrogen-bond donors (Lipinski definition) is 4. The fourth-order valence-corrected chi connectivity index (χ4v) is 1.81. The number of carbonyl (C=O) groups is 1. The van der Waals surface area contributed by atoms with Gasteiger partial charge in [0.1, 0.15) is 24.6 Å². The molecule has 0 aliphatic carbocycles. The number of nitrogens with one attached hydrogen (secondary N) is 1. The van der Waals surface area contributed by atoms with Crippen molar-refractivity contribution in [2.24, 2.45) is 0 Å². The molecule has 0 aromatic heterocycles. The Bertz CT molecular complexity index is 491. The molecule has 1 aromatic carbocycles. The van der Waals surface area contributed by atoms with Gasteiger partial charge in [0.15, 0.2) is 0 Å². The van der Waals surface area contributed by atoms with Gasteiger partial charge >= 0.3 is 0 Å². The molecule has 0 aliphatic heterocycles. The van der Waals surface area contributed by atoms with Crippen molar-refractivity contribution in [1.82, 2.24) is 5.48 Å². The Morgan fingerprint density at radius 1 is 1.45 bits per heavy atom. The first-order chi connectivity index (χ1) is 10.6. The Balaban J connectivity index is 2.86. The Morgan fingerprint density at radius 2 is 2.23 bits per heavy atom. The van der Waals surface area contributed by atoms with E-state index in [0.717, 1.165) is 6.08 Å². The number of hydroxylamine groups is 1. The van der Waals surface area contributed by atoms with Crippen LogP contribution < -0.4 is 10.2 Å². The molecule has 2 atom stereocenters. The van der Waals surface area contributed by atoms with Gasteiger partial charge in [-0.15, -0.1) is 0 Å². The summed E-state index contributed by atoms with van der Waals surface area (Å²) in [5.41, 5.74) is 2.01. The normalized spacial score (nSPS) is 13.8. The lowest BCUT2D eigenvalue weighted by molar-refractivity contribution is -0.124. The van der Waals surface area contributed by atoms with Crippen LogP contribution in [-0.2, 0) is 9.53 Å². The lowest BCUT2D eigenvalue weighted by atomic mass is 10.0. The number of hydrogen-bond acceptors (Lipinski definition) is 6. The molecule has 4 N–H and O–H groups in total. The highest BCUT2D eigenvalue weighted by Crippen LogP contribution is 2.24. The summed E-state index contributed by atoms with van der Waals surface area (Å²) in [5.74, 6) is -0.199. The molecule has 7 nitrogen and oxygen atoms in total. The van der Waals surface area contributed by atoms with Crippen molar-refractivity contribution >= 4 is 5.91 Å². The first-order valence-electron chi connectivity index (χ1n) is 6.88. The zero-order valence-corrected chi connectivity index (χ0v) is 12.3. The maximum atomic E-state index is 11.0. The van der Waals surface area contributed by atoms with Crippen molar-refractivity contribution in [3.63, 3.8) is 0 Å². The van der Waals surface area contributed by atoms with Gasteiger partial charge in [-0.3, -0.25) is 10.0 Å². The summed E-state index contributed by atoms with van der Waals surface area (Å²) in [6.45, 7) is 2.16. The maximum absolute atomic E-state index is 11.0. The second-order valence-corrected chi connectivity index (χ2v) is 4.34. The predicted octanol–water partition coefficient (Wildman–Crippen LogP) is 0.558. The molecule has 0 saturated heterocycles. The summed E-state index contributed by atoms with van der Waals surface area (Å²) in [5, 5.41) is 27.6. The Kier molecular flexibility index (Phi) is 8.16. The summed E-state index contributed by atoms with van der Waals surface area (Å²) in [7, 11) is 0. The molecule has 7 heteroatoms. The molecular weight excluding hydrogens is 290 g/mol. The first kappa shape index (κ1) is 18.1. The van der Waals surface area contributed by atoms with Crippen LogP contribution in [0.5, 0.6) is 5.75 Å². The Hall–Kier alpha value is -1.93. The molecular formula is C15H21NO6. The van der Waals surface area contributed by atoms with Crippen molar-refractivity contribution < 1.29 is 29.7 Å². The minimum absolute atomic E-state index is 0.104. The van der Waals surface area contributed by atoms with E-state index in [-0.39, 0.29) is 13.2 Å². The van der Waals surface area contributed by atoms with Crippen LogP contribution in [0.25, 0.3) is 0 Å². The van der Waals surface area contributed by atoms with E-state index in [2.05, 4.69) is 0 Å². The zero-order valence-electron chi connectivity index (χ0n) is 12.3. The van der Waals surface area contributed by atoms with E-state index in [9.17, 15) is 9.90 Å². The quantitative estimate of drug-likeness (QED) is 0.301. The van der Waals surface area contributed by atoms with Gasteiger partial charge in [-0.1, -0.05) is 12.1 Å². The topological polar surface area (TPSA) is 108 Å². The van der Waals surface area contributed by atoms with E-state index in [1.807, 2.05) is 0 Å². The lowest BCUT2D eigenvalue weighted by Gasteiger charge is -2.20. The molecule has 0 spiro atoms. The lowest BCUT2D eigenvalue weighted by Crippen LogP contribution is -2.22. The molecule has 22 heavy (non-hydrogen) atoms.